The lowest BCUT2D eigenvalue weighted by Gasteiger charge is -2.27. The number of amides is 2. The number of alkyl carbamates (subject to hydrolysis) is 1. The van der Waals surface area contributed by atoms with Crippen molar-refractivity contribution in [3.05, 3.63) is 59.7 Å². The molecule has 1 aliphatic heterocycles. The fourth-order valence-electron chi connectivity index (χ4n) is 4.66. The second-order valence-electron chi connectivity index (χ2n) is 8.70. The summed E-state index contributed by atoms with van der Waals surface area (Å²) in [5, 5.41) is 12.0. The van der Waals surface area contributed by atoms with Gasteiger partial charge in [0, 0.05) is 39.1 Å². The Morgan fingerprint density at radius 1 is 1.11 bits per heavy atom. The van der Waals surface area contributed by atoms with Gasteiger partial charge in [-0.25, -0.2) is 4.79 Å². The third-order valence-corrected chi connectivity index (χ3v) is 6.47. The number of ether oxygens (including phenoxy) is 3. The number of methoxy groups -OCH3 is 1. The van der Waals surface area contributed by atoms with E-state index in [0.29, 0.717) is 0 Å². The largest absolute Gasteiger partial charge is 0.481 e. The van der Waals surface area contributed by atoms with Crippen LogP contribution in [0.25, 0.3) is 11.1 Å². The monoisotopic (exact) mass is 482 g/mol. The van der Waals surface area contributed by atoms with Crippen LogP contribution in [-0.2, 0) is 23.8 Å². The maximum Gasteiger partial charge on any atom is 0.407 e. The number of nitrogens with zero attached hydrogens (tertiary/aromatic N) is 1. The van der Waals surface area contributed by atoms with Crippen molar-refractivity contribution in [1.82, 2.24) is 10.2 Å². The second kappa shape index (κ2) is 11.3. The van der Waals surface area contributed by atoms with Gasteiger partial charge in [0.15, 0.2) is 0 Å². The predicted octanol–water partition coefficient (Wildman–Crippen LogP) is 2.49. The van der Waals surface area contributed by atoms with Crippen LogP contribution in [0.2, 0.25) is 0 Å². The van der Waals surface area contributed by atoms with Gasteiger partial charge in [0.05, 0.1) is 19.1 Å². The first kappa shape index (κ1) is 24.7. The summed E-state index contributed by atoms with van der Waals surface area (Å²) in [7, 11) is 1.51. The number of fused-ring (bicyclic) bond motifs is 3. The van der Waals surface area contributed by atoms with Crippen molar-refractivity contribution in [2.45, 2.75) is 18.4 Å². The van der Waals surface area contributed by atoms with E-state index in [1.807, 2.05) is 36.4 Å². The molecule has 4 rings (SSSR count). The Labute approximate surface area is 204 Å². The zero-order valence-electron chi connectivity index (χ0n) is 19.6. The molecule has 1 saturated heterocycles. The van der Waals surface area contributed by atoms with Gasteiger partial charge in [0.1, 0.15) is 12.6 Å². The molecule has 35 heavy (non-hydrogen) atoms. The Bertz CT molecular complexity index is 1030. The predicted molar refractivity (Wildman–Crippen MR) is 127 cm³/mol. The third-order valence-electron chi connectivity index (χ3n) is 6.47. The van der Waals surface area contributed by atoms with E-state index < -0.39 is 24.0 Å². The van der Waals surface area contributed by atoms with Crippen LogP contribution in [-0.4, -0.2) is 80.6 Å². The van der Waals surface area contributed by atoms with Gasteiger partial charge in [-0.2, -0.15) is 0 Å². The number of hydrogen-bond acceptors (Lipinski definition) is 6. The molecule has 2 amide bonds. The number of carboxylic acids is 1. The maximum absolute atomic E-state index is 13.2. The van der Waals surface area contributed by atoms with Gasteiger partial charge < -0.3 is 29.5 Å². The highest BCUT2D eigenvalue weighted by Gasteiger charge is 2.33. The van der Waals surface area contributed by atoms with Crippen LogP contribution < -0.4 is 5.32 Å². The minimum Gasteiger partial charge on any atom is -0.481 e. The summed E-state index contributed by atoms with van der Waals surface area (Å²) in [6, 6.07) is 15.2. The van der Waals surface area contributed by atoms with E-state index in [2.05, 4.69) is 17.4 Å². The number of carboxylic acid groups (broad SMARTS) is 1. The highest BCUT2D eigenvalue weighted by Crippen LogP contribution is 2.44. The van der Waals surface area contributed by atoms with Crippen LogP contribution in [0.5, 0.6) is 0 Å². The number of benzene rings is 2. The summed E-state index contributed by atoms with van der Waals surface area (Å²) in [6.07, 6.45) is -0.476. The summed E-state index contributed by atoms with van der Waals surface area (Å²) in [5.74, 6) is -2.32. The van der Waals surface area contributed by atoms with E-state index in [1.165, 1.54) is 12.0 Å². The summed E-state index contributed by atoms with van der Waals surface area (Å²) in [4.78, 5) is 38.8. The standard InChI is InChI=1S/C26H30N2O7/c1-33-12-10-23(24(29)28-11-13-34-15-17(14-28)25(30)31)27-26(32)35-16-22-20-8-4-2-6-18(20)19-7-3-5-9-21(19)22/h2-9,17,22-23H,10-16H2,1H3,(H,27,32)(H,30,31). The molecule has 0 saturated carbocycles. The van der Waals surface area contributed by atoms with Crippen molar-refractivity contribution in [2.75, 3.05) is 46.6 Å². The second-order valence-corrected chi connectivity index (χ2v) is 8.70. The third kappa shape index (κ3) is 5.63. The van der Waals surface area contributed by atoms with Crippen molar-refractivity contribution < 1.29 is 33.7 Å². The molecular weight excluding hydrogens is 452 g/mol. The molecular formula is C26H30N2O7. The van der Waals surface area contributed by atoms with Gasteiger partial charge in [-0.15, -0.1) is 0 Å². The van der Waals surface area contributed by atoms with Crippen molar-refractivity contribution in [3.8, 4) is 11.1 Å². The summed E-state index contributed by atoms with van der Waals surface area (Å²) < 4.78 is 16.0. The van der Waals surface area contributed by atoms with Gasteiger partial charge in [0.2, 0.25) is 5.91 Å². The number of carbonyl (C=O) groups is 3. The Morgan fingerprint density at radius 2 is 1.77 bits per heavy atom. The summed E-state index contributed by atoms with van der Waals surface area (Å²) in [6.45, 7) is 0.915. The number of rotatable bonds is 8. The zero-order chi connectivity index (χ0) is 24.8. The van der Waals surface area contributed by atoms with Crippen LogP contribution >= 0.6 is 0 Å². The molecule has 2 atom stereocenters. The van der Waals surface area contributed by atoms with E-state index in [4.69, 9.17) is 14.2 Å². The first-order valence-electron chi connectivity index (χ1n) is 11.7. The molecule has 2 aromatic rings. The van der Waals surface area contributed by atoms with Crippen LogP contribution in [0, 0.1) is 5.92 Å². The van der Waals surface area contributed by atoms with Gasteiger partial charge in [0.25, 0.3) is 0 Å². The fraction of sp³-hybridized carbons (Fsp3) is 0.423. The molecule has 0 aromatic heterocycles. The number of carbonyl (C=O) groups excluding carboxylic acids is 2. The normalized spacial score (nSPS) is 18.2. The Morgan fingerprint density at radius 3 is 2.40 bits per heavy atom. The Hall–Kier alpha value is -3.43. The van der Waals surface area contributed by atoms with Crippen LogP contribution in [0.15, 0.2) is 48.5 Å². The van der Waals surface area contributed by atoms with Crippen molar-refractivity contribution in [1.29, 1.82) is 0 Å². The average Bonchev–Trinajstić information content (AvgIpc) is 3.00. The molecule has 2 aromatic carbocycles. The van der Waals surface area contributed by atoms with Gasteiger partial charge in [-0.3, -0.25) is 9.59 Å². The SMILES string of the molecule is COCCC(NC(=O)OCC1c2ccccc2-c2ccccc21)C(=O)N1CCOCC(C(=O)O)C1. The highest BCUT2D eigenvalue weighted by molar-refractivity contribution is 5.86. The summed E-state index contributed by atoms with van der Waals surface area (Å²) >= 11 is 0. The average molecular weight is 483 g/mol. The number of aliphatic carboxylic acids is 1. The van der Waals surface area contributed by atoms with E-state index in [9.17, 15) is 19.5 Å². The molecule has 9 nitrogen and oxygen atoms in total. The van der Waals surface area contributed by atoms with Crippen LogP contribution in [0.4, 0.5) is 4.79 Å². The smallest absolute Gasteiger partial charge is 0.407 e. The van der Waals surface area contributed by atoms with E-state index >= 15 is 0 Å². The Kier molecular flexibility index (Phi) is 7.99. The molecule has 1 aliphatic carbocycles. The van der Waals surface area contributed by atoms with Crippen molar-refractivity contribution in [2.24, 2.45) is 5.92 Å². The minimum atomic E-state index is -1.03. The Balaban J connectivity index is 1.42. The lowest BCUT2D eigenvalue weighted by molar-refractivity contribution is -0.144. The quantitative estimate of drug-likeness (QED) is 0.594. The zero-order valence-corrected chi connectivity index (χ0v) is 19.6. The van der Waals surface area contributed by atoms with Crippen LogP contribution in [0.1, 0.15) is 23.5 Å². The lowest BCUT2D eigenvalue weighted by Crippen LogP contribution is -2.51. The molecule has 0 radical (unpaired) electrons. The molecule has 1 heterocycles. The molecule has 2 aliphatic rings. The van der Waals surface area contributed by atoms with Gasteiger partial charge >= 0.3 is 12.1 Å². The molecule has 0 spiro atoms. The molecule has 186 valence electrons. The maximum atomic E-state index is 13.2. The minimum absolute atomic E-state index is 0.0179. The lowest BCUT2D eigenvalue weighted by atomic mass is 9.98. The number of nitrogens with one attached hydrogen (secondary N) is 1. The van der Waals surface area contributed by atoms with E-state index in [0.717, 1.165) is 22.3 Å². The first-order valence-corrected chi connectivity index (χ1v) is 11.7. The van der Waals surface area contributed by atoms with Gasteiger partial charge in [-0.05, 0) is 22.3 Å². The van der Waals surface area contributed by atoms with Crippen LogP contribution in [0.3, 0.4) is 0 Å². The molecule has 1 fully saturated rings. The van der Waals surface area contributed by atoms with Crippen molar-refractivity contribution >= 4 is 18.0 Å². The fourth-order valence-corrected chi connectivity index (χ4v) is 4.66. The summed E-state index contributed by atoms with van der Waals surface area (Å²) in [5.41, 5.74) is 4.44. The topological polar surface area (TPSA) is 114 Å². The number of hydrogen-bond donors (Lipinski definition) is 2. The van der Waals surface area contributed by atoms with E-state index in [-0.39, 0.29) is 57.8 Å². The van der Waals surface area contributed by atoms with Gasteiger partial charge in [-0.1, -0.05) is 48.5 Å². The van der Waals surface area contributed by atoms with Crippen molar-refractivity contribution in [3.63, 3.8) is 0 Å². The highest BCUT2D eigenvalue weighted by atomic mass is 16.5. The van der Waals surface area contributed by atoms with E-state index in [1.54, 1.807) is 0 Å². The first-order chi connectivity index (χ1) is 17.0. The molecule has 2 N–H and O–H groups in total. The molecule has 2 unspecified atom stereocenters. The molecule has 9 heteroatoms. The molecule has 0 bridgehead atoms.